The number of benzene rings is 1. The van der Waals surface area contributed by atoms with Gasteiger partial charge < -0.3 is 15.1 Å². The highest BCUT2D eigenvalue weighted by molar-refractivity contribution is 5.55. The predicted molar refractivity (Wildman–Crippen MR) is 66.6 cm³/mol. The van der Waals surface area contributed by atoms with Gasteiger partial charge in [0.05, 0.1) is 17.4 Å². The molecule has 0 fully saturated rings. The topological polar surface area (TPSA) is 43.7 Å². The van der Waals surface area contributed by atoms with Crippen LogP contribution < -0.4 is 4.90 Å². The summed E-state index contributed by atoms with van der Waals surface area (Å²) in [6.45, 7) is 5.20. The molecule has 0 radical (unpaired) electrons. The number of aliphatic hydroxyl groups excluding tert-OH is 1. The van der Waals surface area contributed by atoms with E-state index in [1.54, 1.807) is 44.9 Å². The minimum absolute atomic E-state index is 0.285. The maximum atomic E-state index is 13.8. The van der Waals surface area contributed by atoms with Crippen LogP contribution in [0, 0.1) is 5.82 Å². The molecular formula is C13H20FNO2. The molecule has 1 aromatic carbocycles. The van der Waals surface area contributed by atoms with Gasteiger partial charge in [0.25, 0.3) is 0 Å². The first-order chi connectivity index (χ1) is 7.72. The van der Waals surface area contributed by atoms with E-state index in [1.165, 1.54) is 6.07 Å². The Kier molecular flexibility index (Phi) is 4.11. The third kappa shape index (κ3) is 3.68. The summed E-state index contributed by atoms with van der Waals surface area (Å²) < 4.78 is 13.8. The SMILES string of the molecule is CC(O)c1cccc(F)c1N(C)CC(C)(C)O. The molecule has 0 amide bonds. The maximum absolute atomic E-state index is 13.8. The Bertz CT molecular complexity index is 385. The molecule has 0 saturated heterocycles. The monoisotopic (exact) mass is 241 g/mol. The minimum atomic E-state index is -0.924. The molecule has 1 rings (SSSR count). The van der Waals surface area contributed by atoms with Crippen LogP contribution in [0.2, 0.25) is 0 Å². The second kappa shape index (κ2) is 5.02. The zero-order valence-electron chi connectivity index (χ0n) is 10.7. The van der Waals surface area contributed by atoms with Crippen LogP contribution in [0.25, 0.3) is 0 Å². The van der Waals surface area contributed by atoms with Crippen molar-refractivity contribution in [3.05, 3.63) is 29.6 Å². The number of rotatable bonds is 4. The van der Waals surface area contributed by atoms with E-state index >= 15 is 0 Å². The van der Waals surface area contributed by atoms with Crippen LogP contribution in [0.3, 0.4) is 0 Å². The van der Waals surface area contributed by atoms with E-state index in [0.29, 0.717) is 11.3 Å². The summed E-state index contributed by atoms with van der Waals surface area (Å²) in [5.41, 5.74) is -0.0612. The Balaban J connectivity index is 3.11. The van der Waals surface area contributed by atoms with Gasteiger partial charge in [0, 0.05) is 19.2 Å². The number of hydrogen-bond acceptors (Lipinski definition) is 3. The molecule has 0 bridgehead atoms. The first-order valence-corrected chi connectivity index (χ1v) is 5.62. The second-order valence-electron chi connectivity index (χ2n) is 5.02. The number of para-hydroxylation sites is 1. The maximum Gasteiger partial charge on any atom is 0.146 e. The molecule has 0 aliphatic carbocycles. The van der Waals surface area contributed by atoms with E-state index in [-0.39, 0.29) is 6.54 Å². The average Bonchev–Trinajstić information content (AvgIpc) is 2.13. The number of likely N-dealkylation sites (N-methyl/N-ethyl adjacent to an activating group) is 1. The molecular weight excluding hydrogens is 221 g/mol. The number of anilines is 1. The molecule has 0 saturated carbocycles. The standard InChI is InChI=1S/C13H20FNO2/c1-9(16)10-6-5-7-11(14)12(10)15(4)8-13(2,3)17/h5-7,9,16-17H,8H2,1-4H3. The first-order valence-electron chi connectivity index (χ1n) is 5.62. The molecule has 2 N–H and O–H groups in total. The number of aliphatic hydroxyl groups is 2. The second-order valence-corrected chi connectivity index (χ2v) is 5.02. The highest BCUT2D eigenvalue weighted by Gasteiger charge is 2.21. The molecule has 0 aliphatic rings. The van der Waals surface area contributed by atoms with Gasteiger partial charge in [0.2, 0.25) is 0 Å². The fraction of sp³-hybridized carbons (Fsp3) is 0.538. The molecule has 1 aromatic rings. The van der Waals surface area contributed by atoms with E-state index in [9.17, 15) is 14.6 Å². The van der Waals surface area contributed by atoms with Crippen LogP contribution in [0.5, 0.6) is 0 Å². The van der Waals surface area contributed by atoms with Gasteiger partial charge in [-0.05, 0) is 26.8 Å². The van der Waals surface area contributed by atoms with Gasteiger partial charge in [-0.15, -0.1) is 0 Å². The molecule has 1 unspecified atom stereocenters. The zero-order chi connectivity index (χ0) is 13.2. The van der Waals surface area contributed by atoms with Gasteiger partial charge in [0.15, 0.2) is 0 Å². The van der Waals surface area contributed by atoms with Crippen LogP contribution in [0.1, 0.15) is 32.4 Å². The van der Waals surface area contributed by atoms with E-state index < -0.39 is 17.5 Å². The average molecular weight is 241 g/mol. The Morgan fingerprint density at radius 2 is 2.00 bits per heavy atom. The lowest BCUT2D eigenvalue weighted by atomic mass is 10.0. The molecule has 4 heteroatoms. The zero-order valence-corrected chi connectivity index (χ0v) is 10.7. The molecule has 0 aromatic heterocycles. The van der Waals surface area contributed by atoms with Gasteiger partial charge in [-0.1, -0.05) is 12.1 Å². The Labute approximate surface area is 101 Å². The lowest BCUT2D eigenvalue weighted by Gasteiger charge is -2.29. The van der Waals surface area contributed by atoms with Crippen LogP contribution in [-0.2, 0) is 0 Å². The van der Waals surface area contributed by atoms with Gasteiger partial charge in [-0.25, -0.2) is 4.39 Å². The summed E-state index contributed by atoms with van der Waals surface area (Å²) in [6.07, 6.45) is -0.745. The quantitative estimate of drug-likeness (QED) is 0.848. The highest BCUT2D eigenvalue weighted by Crippen LogP contribution is 2.29. The summed E-state index contributed by atoms with van der Waals surface area (Å²) >= 11 is 0. The predicted octanol–water partition coefficient (Wildman–Crippen LogP) is 2.09. The van der Waals surface area contributed by atoms with Crippen LogP contribution in [0.15, 0.2) is 18.2 Å². The smallest absolute Gasteiger partial charge is 0.146 e. The van der Waals surface area contributed by atoms with Gasteiger partial charge in [-0.3, -0.25) is 0 Å². The molecule has 96 valence electrons. The first kappa shape index (κ1) is 13.9. The van der Waals surface area contributed by atoms with Crippen LogP contribution >= 0.6 is 0 Å². The van der Waals surface area contributed by atoms with Crippen molar-refractivity contribution in [2.24, 2.45) is 0 Å². The molecule has 17 heavy (non-hydrogen) atoms. The summed E-state index contributed by atoms with van der Waals surface area (Å²) in [4.78, 5) is 1.62. The van der Waals surface area contributed by atoms with Crippen molar-refractivity contribution in [3.8, 4) is 0 Å². The van der Waals surface area contributed by atoms with Crippen LogP contribution in [0.4, 0.5) is 10.1 Å². The van der Waals surface area contributed by atoms with Gasteiger partial charge in [0.1, 0.15) is 5.82 Å². The van der Waals surface area contributed by atoms with Crippen molar-refractivity contribution in [3.63, 3.8) is 0 Å². The van der Waals surface area contributed by atoms with Crippen molar-refractivity contribution in [1.82, 2.24) is 0 Å². The molecule has 0 spiro atoms. The van der Waals surface area contributed by atoms with E-state index in [0.717, 1.165) is 0 Å². The summed E-state index contributed by atoms with van der Waals surface area (Å²) in [5.74, 6) is -0.393. The Hall–Kier alpha value is -1.13. The fourth-order valence-electron chi connectivity index (χ4n) is 1.93. The number of nitrogens with zero attached hydrogens (tertiary/aromatic N) is 1. The normalized spacial score (nSPS) is 13.6. The van der Waals surface area contributed by atoms with Crippen molar-refractivity contribution >= 4 is 5.69 Å². The number of hydrogen-bond donors (Lipinski definition) is 2. The number of halogens is 1. The third-order valence-electron chi connectivity index (χ3n) is 2.47. The summed E-state index contributed by atoms with van der Waals surface area (Å²) in [5, 5.41) is 19.4. The van der Waals surface area contributed by atoms with Crippen molar-refractivity contribution < 1.29 is 14.6 Å². The third-order valence-corrected chi connectivity index (χ3v) is 2.47. The molecule has 0 aliphatic heterocycles. The summed E-state index contributed by atoms with van der Waals surface area (Å²) in [7, 11) is 1.70. The Morgan fingerprint density at radius 1 is 1.41 bits per heavy atom. The Morgan fingerprint density at radius 3 is 2.47 bits per heavy atom. The van der Waals surface area contributed by atoms with Crippen LogP contribution in [-0.4, -0.2) is 29.4 Å². The lowest BCUT2D eigenvalue weighted by molar-refractivity contribution is 0.0883. The minimum Gasteiger partial charge on any atom is -0.389 e. The van der Waals surface area contributed by atoms with E-state index in [2.05, 4.69) is 0 Å². The van der Waals surface area contributed by atoms with Gasteiger partial charge in [-0.2, -0.15) is 0 Å². The molecule has 1 atom stereocenters. The molecule has 3 nitrogen and oxygen atoms in total. The lowest BCUT2D eigenvalue weighted by Crippen LogP contribution is -2.37. The molecule has 0 heterocycles. The van der Waals surface area contributed by atoms with E-state index in [4.69, 9.17) is 0 Å². The van der Waals surface area contributed by atoms with E-state index in [1.807, 2.05) is 0 Å². The van der Waals surface area contributed by atoms with Crippen molar-refractivity contribution in [2.45, 2.75) is 32.5 Å². The fourth-order valence-corrected chi connectivity index (χ4v) is 1.93. The largest absolute Gasteiger partial charge is 0.389 e. The van der Waals surface area contributed by atoms with Gasteiger partial charge >= 0.3 is 0 Å². The highest BCUT2D eigenvalue weighted by atomic mass is 19.1. The van der Waals surface area contributed by atoms with Crippen molar-refractivity contribution in [2.75, 3.05) is 18.5 Å². The van der Waals surface area contributed by atoms with Crippen molar-refractivity contribution in [1.29, 1.82) is 0 Å². The summed E-state index contributed by atoms with van der Waals surface area (Å²) in [6, 6.07) is 4.60.